The number of ether oxygens (including phenoxy) is 1. The molecule has 0 spiro atoms. The standard InChI is InChI=1S/C14H27NO/c1-11-7-12(2)9-14(8-11)16-6-4-13-3-5-15-10-13/h11-15H,3-10H2,1-2H3. The molecule has 2 fully saturated rings. The first kappa shape index (κ1) is 12.4. The number of hydrogen-bond donors (Lipinski definition) is 1. The summed E-state index contributed by atoms with van der Waals surface area (Å²) in [5.74, 6) is 2.60. The van der Waals surface area contributed by atoms with Crippen LogP contribution in [0.5, 0.6) is 0 Å². The van der Waals surface area contributed by atoms with Gasteiger partial charge in [0.15, 0.2) is 0 Å². The molecule has 1 aliphatic carbocycles. The molecule has 0 bridgehead atoms. The third-order valence-electron chi connectivity index (χ3n) is 4.18. The maximum Gasteiger partial charge on any atom is 0.0580 e. The van der Waals surface area contributed by atoms with E-state index in [1.807, 2.05) is 0 Å². The van der Waals surface area contributed by atoms with E-state index in [1.165, 1.54) is 45.2 Å². The molecule has 0 amide bonds. The van der Waals surface area contributed by atoms with Gasteiger partial charge in [-0.15, -0.1) is 0 Å². The van der Waals surface area contributed by atoms with Crippen molar-refractivity contribution in [1.82, 2.24) is 5.32 Å². The van der Waals surface area contributed by atoms with Gasteiger partial charge in [-0.05, 0) is 62.9 Å². The summed E-state index contributed by atoms with van der Waals surface area (Å²) in [6, 6.07) is 0. The van der Waals surface area contributed by atoms with E-state index < -0.39 is 0 Å². The van der Waals surface area contributed by atoms with Crippen molar-refractivity contribution in [3.8, 4) is 0 Å². The maximum atomic E-state index is 6.06. The number of nitrogens with one attached hydrogen (secondary N) is 1. The SMILES string of the molecule is CC1CC(C)CC(OCCC2CCNC2)C1. The molecule has 0 radical (unpaired) electrons. The fourth-order valence-electron chi connectivity index (χ4n) is 3.37. The average Bonchev–Trinajstić information content (AvgIpc) is 2.69. The summed E-state index contributed by atoms with van der Waals surface area (Å²) in [7, 11) is 0. The number of rotatable bonds is 4. The summed E-state index contributed by atoms with van der Waals surface area (Å²) in [5.41, 5.74) is 0. The van der Waals surface area contributed by atoms with Crippen molar-refractivity contribution in [2.24, 2.45) is 17.8 Å². The largest absolute Gasteiger partial charge is 0.378 e. The van der Waals surface area contributed by atoms with E-state index in [4.69, 9.17) is 4.74 Å². The second-order valence-electron chi connectivity index (χ2n) is 6.06. The van der Waals surface area contributed by atoms with Crippen LogP contribution in [-0.2, 0) is 4.74 Å². The van der Waals surface area contributed by atoms with Crippen LogP contribution in [0.25, 0.3) is 0 Å². The molecule has 3 atom stereocenters. The lowest BCUT2D eigenvalue weighted by Crippen LogP contribution is -2.27. The maximum absolute atomic E-state index is 6.06. The van der Waals surface area contributed by atoms with Gasteiger partial charge in [0.2, 0.25) is 0 Å². The average molecular weight is 225 g/mol. The zero-order valence-corrected chi connectivity index (χ0v) is 10.9. The molecule has 1 heterocycles. The highest BCUT2D eigenvalue weighted by Crippen LogP contribution is 2.30. The summed E-state index contributed by atoms with van der Waals surface area (Å²) in [6.45, 7) is 8.14. The van der Waals surface area contributed by atoms with E-state index in [2.05, 4.69) is 19.2 Å². The first-order valence-electron chi connectivity index (χ1n) is 7.06. The van der Waals surface area contributed by atoms with E-state index in [0.717, 1.165) is 24.4 Å². The van der Waals surface area contributed by atoms with Crippen LogP contribution >= 0.6 is 0 Å². The number of hydrogen-bond acceptors (Lipinski definition) is 2. The van der Waals surface area contributed by atoms with Crippen LogP contribution in [0.3, 0.4) is 0 Å². The minimum atomic E-state index is 0.549. The van der Waals surface area contributed by atoms with Crippen LogP contribution in [0.4, 0.5) is 0 Å². The lowest BCUT2D eigenvalue weighted by molar-refractivity contribution is -0.00379. The molecule has 1 N–H and O–H groups in total. The van der Waals surface area contributed by atoms with E-state index >= 15 is 0 Å². The Labute approximate surface area is 100 Å². The van der Waals surface area contributed by atoms with E-state index in [0.29, 0.717) is 6.10 Å². The molecule has 0 aromatic heterocycles. The minimum Gasteiger partial charge on any atom is -0.378 e. The Balaban J connectivity index is 1.61. The van der Waals surface area contributed by atoms with Gasteiger partial charge in [0, 0.05) is 6.61 Å². The van der Waals surface area contributed by atoms with Crippen molar-refractivity contribution >= 4 is 0 Å². The van der Waals surface area contributed by atoms with E-state index in [-0.39, 0.29) is 0 Å². The Morgan fingerprint density at radius 1 is 1.12 bits per heavy atom. The van der Waals surface area contributed by atoms with Crippen molar-refractivity contribution in [1.29, 1.82) is 0 Å². The van der Waals surface area contributed by atoms with Crippen molar-refractivity contribution in [3.05, 3.63) is 0 Å². The highest BCUT2D eigenvalue weighted by Gasteiger charge is 2.24. The molecule has 2 nitrogen and oxygen atoms in total. The van der Waals surface area contributed by atoms with Crippen LogP contribution < -0.4 is 5.32 Å². The predicted molar refractivity (Wildman–Crippen MR) is 67.5 cm³/mol. The Morgan fingerprint density at radius 3 is 2.50 bits per heavy atom. The van der Waals surface area contributed by atoms with Crippen LogP contribution in [0, 0.1) is 17.8 Å². The highest BCUT2D eigenvalue weighted by atomic mass is 16.5. The van der Waals surface area contributed by atoms with Gasteiger partial charge in [-0.1, -0.05) is 13.8 Å². The molecular weight excluding hydrogens is 198 g/mol. The summed E-state index contributed by atoms with van der Waals surface area (Å²) in [6.07, 6.45) is 7.12. The molecule has 0 aromatic carbocycles. The van der Waals surface area contributed by atoms with Gasteiger partial charge >= 0.3 is 0 Å². The first-order chi connectivity index (χ1) is 7.74. The molecule has 2 heteroatoms. The third-order valence-corrected chi connectivity index (χ3v) is 4.18. The third kappa shape index (κ3) is 3.74. The molecule has 2 aliphatic rings. The Kier molecular flexibility index (Phi) is 4.66. The first-order valence-corrected chi connectivity index (χ1v) is 7.06. The molecule has 1 saturated carbocycles. The topological polar surface area (TPSA) is 21.3 Å². The molecule has 3 unspecified atom stereocenters. The molecule has 1 aliphatic heterocycles. The molecule has 0 aromatic rings. The minimum absolute atomic E-state index is 0.549. The molecular formula is C14H27NO. The molecule has 1 saturated heterocycles. The fraction of sp³-hybridized carbons (Fsp3) is 1.00. The van der Waals surface area contributed by atoms with Gasteiger partial charge in [-0.2, -0.15) is 0 Å². The second-order valence-corrected chi connectivity index (χ2v) is 6.06. The lowest BCUT2D eigenvalue weighted by atomic mass is 9.82. The lowest BCUT2D eigenvalue weighted by Gasteiger charge is -2.31. The normalized spacial score (nSPS) is 40.1. The van der Waals surface area contributed by atoms with Gasteiger partial charge in [0.05, 0.1) is 6.10 Å². The quantitative estimate of drug-likeness (QED) is 0.794. The monoisotopic (exact) mass is 225 g/mol. The summed E-state index contributed by atoms with van der Waals surface area (Å²) >= 11 is 0. The zero-order chi connectivity index (χ0) is 11.4. The summed E-state index contributed by atoms with van der Waals surface area (Å²) in [4.78, 5) is 0. The van der Waals surface area contributed by atoms with Crippen LogP contribution in [0.15, 0.2) is 0 Å². The summed E-state index contributed by atoms with van der Waals surface area (Å²) < 4.78 is 6.06. The van der Waals surface area contributed by atoms with Crippen LogP contribution in [-0.4, -0.2) is 25.8 Å². The van der Waals surface area contributed by atoms with E-state index in [1.54, 1.807) is 0 Å². The summed E-state index contributed by atoms with van der Waals surface area (Å²) in [5, 5.41) is 3.42. The van der Waals surface area contributed by atoms with Gasteiger partial charge in [0.1, 0.15) is 0 Å². The van der Waals surface area contributed by atoms with E-state index in [9.17, 15) is 0 Å². The fourth-order valence-corrected chi connectivity index (χ4v) is 3.37. The van der Waals surface area contributed by atoms with Crippen molar-refractivity contribution in [2.75, 3.05) is 19.7 Å². The second kappa shape index (κ2) is 6.02. The van der Waals surface area contributed by atoms with Crippen molar-refractivity contribution in [3.63, 3.8) is 0 Å². The van der Waals surface area contributed by atoms with Crippen LogP contribution in [0.2, 0.25) is 0 Å². The smallest absolute Gasteiger partial charge is 0.0580 e. The Morgan fingerprint density at radius 2 is 1.88 bits per heavy atom. The van der Waals surface area contributed by atoms with Crippen molar-refractivity contribution < 1.29 is 4.74 Å². The predicted octanol–water partition coefficient (Wildman–Crippen LogP) is 2.83. The Hall–Kier alpha value is -0.0800. The molecule has 2 rings (SSSR count). The van der Waals surface area contributed by atoms with Gasteiger partial charge in [-0.3, -0.25) is 0 Å². The van der Waals surface area contributed by atoms with Crippen molar-refractivity contribution in [2.45, 2.75) is 52.1 Å². The van der Waals surface area contributed by atoms with Gasteiger partial charge in [-0.25, -0.2) is 0 Å². The zero-order valence-electron chi connectivity index (χ0n) is 10.9. The Bertz CT molecular complexity index is 191. The highest BCUT2D eigenvalue weighted by molar-refractivity contribution is 4.76. The van der Waals surface area contributed by atoms with Gasteiger partial charge in [0.25, 0.3) is 0 Å². The molecule has 16 heavy (non-hydrogen) atoms. The molecule has 94 valence electrons. The van der Waals surface area contributed by atoms with Crippen LogP contribution in [0.1, 0.15) is 46.0 Å². The van der Waals surface area contributed by atoms with Gasteiger partial charge < -0.3 is 10.1 Å².